The molecular formula is C17H25ClN2O2. The van der Waals surface area contributed by atoms with Crippen LogP contribution in [0.15, 0.2) is 18.2 Å². The Morgan fingerprint density at radius 3 is 2.82 bits per heavy atom. The molecule has 1 heterocycles. The molecule has 4 nitrogen and oxygen atoms in total. The zero-order valence-corrected chi connectivity index (χ0v) is 14.5. The van der Waals surface area contributed by atoms with Gasteiger partial charge in [-0.15, -0.1) is 0 Å². The van der Waals surface area contributed by atoms with Crippen molar-refractivity contribution in [2.24, 2.45) is 0 Å². The summed E-state index contributed by atoms with van der Waals surface area (Å²) in [5.74, 6) is 0. The van der Waals surface area contributed by atoms with Crippen molar-refractivity contribution in [3.63, 3.8) is 0 Å². The highest BCUT2D eigenvalue weighted by Crippen LogP contribution is 2.29. The number of carbonyl (C=O) groups excluding carboxylic acids is 1. The largest absolute Gasteiger partial charge is 0.444 e. The first-order valence-electron chi connectivity index (χ1n) is 7.74. The molecule has 0 bridgehead atoms. The van der Waals surface area contributed by atoms with E-state index in [9.17, 15) is 4.79 Å². The van der Waals surface area contributed by atoms with E-state index in [1.54, 1.807) is 0 Å². The maximum atomic E-state index is 11.9. The number of piperidine rings is 1. The van der Waals surface area contributed by atoms with Crippen molar-refractivity contribution in [1.29, 1.82) is 0 Å². The number of rotatable bonds is 2. The van der Waals surface area contributed by atoms with E-state index >= 15 is 0 Å². The molecule has 1 aromatic carbocycles. The van der Waals surface area contributed by atoms with Gasteiger partial charge in [-0.2, -0.15) is 0 Å². The van der Waals surface area contributed by atoms with Crippen molar-refractivity contribution in [3.05, 3.63) is 34.3 Å². The van der Waals surface area contributed by atoms with Gasteiger partial charge in [-0.1, -0.05) is 23.7 Å². The lowest BCUT2D eigenvalue weighted by Crippen LogP contribution is -2.45. The summed E-state index contributed by atoms with van der Waals surface area (Å²) in [6.07, 6.45) is 1.39. The second-order valence-electron chi connectivity index (χ2n) is 6.83. The lowest BCUT2D eigenvalue weighted by atomic mass is 9.91. The van der Waals surface area contributed by atoms with E-state index in [-0.39, 0.29) is 18.2 Å². The smallest absolute Gasteiger partial charge is 0.407 e. The maximum Gasteiger partial charge on any atom is 0.407 e. The van der Waals surface area contributed by atoms with Gasteiger partial charge >= 0.3 is 6.09 Å². The fourth-order valence-electron chi connectivity index (χ4n) is 2.76. The van der Waals surface area contributed by atoms with Crippen LogP contribution in [0.3, 0.4) is 0 Å². The second-order valence-corrected chi connectivity index (χ2v) is 7.24. The van der Waals surface area contributed by atoms with E-state index in [1.807, 2.05) is 39.8 Å². The number of carbonyl (C=O) groups is 1. The number of benzene rings is 1. The summed E-state index contributed by atoms with van der Waals surface area (Å²) in [7, 11) is 0. The van der Waals surface area contributed by atoms with Gasteiger partial charge in [-0.05, 0) is 64.3 Å². The van der Waals surface area contributed by atoms with Crippen molar-refractivity contribution in [3.8, 4) is 0 Å². The van der Waals surface area contributed by atoms with Gasteiger partial charge in [0.2, 0.25) is 0 Å². The van der Waals surface area contributed by atoms with Crippen LogP contribution in [0, 0.1) is 6.92 Å². The SMILES string of the molecule is Cc1c(Cl)cccc1C1CC(NC(=O)OC(C)(C)C)CCN1. The minimum atomic E-state index is -0.472. The Bertz CT molecular complexity index is 540. The topological polar surface area (TPSA) is 50.4 Å². The Kier molecular flexibility index (Phi) is 5.35. The van der Waals surface area contributed by atoms with Crippen molar-refractivity contribution in [2.75, 3.05) is 6.54 Å². The number of alkyl carbamates (subject to hydrolysis) is 1. The lowest BCUT2D eigenvalue weighted by molar-refractivity contribution is 0.0490. The second kappa shape index (κ2) is 6.88. The maximum absolute atomic E-state index is 11.9. The number of ether oxygens (including phenoxy) is 1. The van der Waals surface area contributed by atoms with Gasteiger partial charge < -0.3 is 15.4 Å². The molecule has 2 rings (SSSR count). The summed E-state index contributed by atoms with van der Waals surface area (Å²) in [6, 6.07) is 6.28. The Balaban J connectivity index is 2.00. The van der Waals surface area contributed by atoms with Crippen molar-refractivity contribution in [1.82, 2.24) is 10.6 Å². The monoisotopic (exact) mass is 324 g/mol. The lowest BCUT2D eigenvalue weighted by Gasteiger charge is -2.32. The van der Waals surface area contributed by atoms with Crippen LogP contribution in [0.4, 0.5) is 4.79 Å². The fraction of sp³-hybridized carbons (Fsp3) is 0.588. The van der Waals surface area contributed by atoms with Crippen LogP contribution in [0.5, 0.6) is 0 Å². The predicted molar refractivity (Wildman–Crippen MR) is 89.3 cm³/mol. The van der Waals surface area contributed by atoms with E-state index < -0.39 is 5.60 Å². The molecule has 0 spiro atoms. The van der Waals surface area contributed by atoms with E-state index in [2.05, 4.69) is 16.7 Å². The molecule has 5 heteroatoms. The van der Waals surface area contributed by atoms with Crippen LogP contribution in [0.25, 0.3) is 0 Å². The Labute approximate surface area is 137 Å². The molecule has 1 aromatic rings. The molecule has 1 aliphatic heterocycles. The molecular weight excluding hydrogens is 300 g/mol. The highest BCUT2D eigenvalue weighted by Gasteiger charge is 2.26. The Morgan fingerprint density at radius 2 is 2.14 bits per heavy atom. The van der Waals surface area contributed by atoms with Crippen LogP contribution >= 0.6 is 11.6 Å². The molecule has 22 heavy (non-hydrogen) atoms. The normalized spacial score (nSPS) is 22.2. The van der Waals surface area contributed by atoms with Crippen LogP contribution in [0.1, 0.15) is 50.8 Å². The zero-order chi connectivity index (χ0) is 16.3. The molecule has 2 atom stereocenters. The van der Waals surface area contributed by atoms with Crippen LogP contribution in [-0.4, -0.2) is 24.3 Å². The van der Waals surface area contributed by atoms with Crippen molar-refractivity contribution < 1.29 is 9.53 Å². The van der Waals surface area contributed by atoms with Crippen molar-refractivity contribution in [2.45, 2.75) is 58.2 Å². The number of halogens is 1. The summed E-state index contributed by atoms with van der Waals surface area (Å²) in [5.41, 5.74) is 1.82. The van der Waals surface area contributed by atoms with E-state index in [4.69, 9.17) is 16.3 Å². The first-order chi connectivity index (χ1) is 10.3. The quantitative estimate of drug-likeness (QED) is 0.865. The first-order valence-corrected chi connectivity index (χ1v) is 8.12. The van der Waals surface area contributed by atoms with E-state index in [0.29, 0.717) is 0 Å². The summed E-state index contributed by atoms with van der Waals surface area (Å²) in [5, 5.41) is 7.26. The van der Waals surface area contributed by atoms with Gasteiger partial charge in [0.25, 0.3) is 0 Å². The summed E-state index contributed by atoms with van der Waals surface area (Å²) >= 11 is 6.21. The third-order valence-corrected chi connectivity index (χ3v) is 4.22. The summed E-state index contributed by atoms with van der Waals surface area (Å²) in [6.45, 7) is 8.49. The highest BCUT2D eigenvalue weighted by atomic mass is 35.5. The van der Waals surface area contributed by atoms with Gasteiger partial charge in [0.1, 0.15) is 5.60 Å². The molecule has 1 saturated heterocycles. The Morgan fingerprint density at radius 1 is 1.41 bits per heavy atom. The molecule has 1 amide bonds. The standard InChI is InChI=1S/C17H25ClN2O2/c1-11-13(6-5-7-14(11)18)15-10-12(8-9-19-15)20-16(21)22-17(2,3)4/h5-7,12,15,19H,8-10H2,1-4H3,(H,20,21). The number of hydrogen-bond acceptors (Lipinski definition) is 3. The average molecular weight is 325 g/mol. The fourth-order valence-corrected chi connectivity index (χ4v) is 2.94. The summed E-state index contributed by atoms with van der Waals surface area (Å²) < 4.78 is 5.33. The summed E-state index contributed by atoms with van der Waals surface area (Å²) in [4.78, 5) is 11.9. The molecule has 0 aromatic heterocycles. The third-order valence-electron chi connectivity index (χ3n) is 3.81. The predicted octanol–water partition coefficient (Wildman–Crippen LogP) is 3.97. The van der Waals surface area contributed by atoms with Gasteiger partial charge in [0.05, 0.1) is 0 Å². The van der Waals surface area contributed by atoms with Crippen LogP contribution in [-0.2, 0) is 4.74 Å². The molecule has 122 valence electrons. The van der Waals surface area contributed by atoms with Gasteiger partial charge in [-0.25, -0.2) is 4.79 Å². The third kappa shape index (κ3) is 4.62. The highest BCUT2D eigenvalue weighted by molar-refractivity contribution is 6.31. The number of nitrogens with one attached hydrogen (secondary N) is 2. The number of hydrogen-bond donors (Lipinski definition) is 2. The molecule has 0 radical (unpaired) electrons. The van der Waals surface area contributed by atoms with Crippen LogP contribution in [0.2, 0.25) is 5.02 Å². The molecule has 2 unspecified atom stereocenters. The van der Waals surface area contributed by atoms with Gasteiger partial charge in [-0.3, -0.25) is 0 Å². The minimum Gasteiger partial charge on any atom is -0.444 e. The van der Waals surface area contributed by atoms with Gasteiger partial charge in [0, 0.05) is 17.1 Å². The molecule has 2 N–H and O–H groups in total. The number of amides is 1. The zero-order valence-electron chi connectivity index (χ0n) is 13.7. The average Bonchev–Trinajstić information content (AvgIpc) is 2.40. The van der Waals surface area contributed by atoms with Gasteiger partial charge in [0.15, 0.2) is 0 Å². The first kappa shape index (κ1) is 17.1. The molecule has 1 aliphatic rings. The van der Waals surface area contributed by atoms with E-state index in [1.165, 1.54) is 5.56 Å². The van der Waals surface area contributed by atoms with E-state index in [0.717, 1.165) is 30.0 Å². The molecule has 0 aliphatic carbocycles. The molecule has 1 fully saturated rings. The Hall–Kier alpha value is -1.26. The van der Waals surface area contributed by atoms with Crippen LogP contribution < -0.4 is 10.6 Å². The molecule has 0 saturated carbocycles. The van der Waals surface area contributed by atoms with Crippen molar-refractivity contribution >= 4 is 17.7 Å². The minimum absolute atomic E-state index is 0.111.